The Hall–Kier alpha value is -2.07. The first-order valence-corrected chi connectivity index (χ1v) is 14.1. The van der Waals surface area contributed by atoms with Crippen LogP contribution in [0.4, 0.5) is 9.59 Å². The van der Waals surface area contributed by atoms with Gasteiger partial charge in [-0.1, -0.05) is 19.6 Å². The van der Waals surface area contributed by atoms with Crippen molar-refractivity contribution in [1.82, 2.24) is 19.4 Å². The minimum atomic E-state index is -1.23. The summed E-state index contributed by atoms with van der Waals surface area (Å²) in [6.07, 6.45) is 4.46. The van der Waals surface area contributed by atoms with E-state index in [1.165, 1.54) is 10.8 Å². The summed E-state index contributed by atoms with van der Waals surface area (Å²) in [5.41, 5.74) is 0. The fraction of sp³-hybridized carbons (Fsp3) is 0.737. The van der Waals surface area contributed by atoms with Crippen LogP contribution in [0.5, 0.6) is 11.9 Å². The minimum Gasteiger partial charge on any atom is -0.391 e. The molecule has 0 unspecified atom stereocenters. The molecule has 2 aliphatic heterocycles. The standard InChI is InChI=1S/C19H32N4O5Si/c1-29(2,3)13-12-26-15-23-16(27-18(24)21-8-4-5-9-21)14-20-17(23)28-19(25)22-10-6-7-11-22/h14H,4-13,15H2,1-3H3. The van der Waals surface area contributed by atoms with Crippen LogP contribution < -0.4 is 9.47 Å². The summed E-state index contributed by atoms with van der Waals surface area (Å²) in [4.78, 5) is 32.2. The predicted octanol–water partition coefficient (Wildman–Crippen LogP) is 3.38. The summed E-state index contributed by atoms with van der Waals surface area (Å²) in [6.45, 7) is 10.3. The maximum atomic E-state index is 12.4. The van der Waals surface area contributed by atoms with Crippen LogP contribution in [0.3, 0.4) is 0 Å². The molecule has 3 heterocycles. The van der Waals surface area contributed by atoms with Gasteiger partial charge in [-0.15, -0.1) is 0 Å². The lowest BCUT2D eigenvalue weighted by molar-refractivity contribution is 0.0726. The van der Waals surface area contributed by atoms with E-state index in [0.717, 1.165) is 31.7 Å². The average Bonchev–Trinajstić information content (AvgIpc) is 3.41. The van der Waals surface area contributed by atoms with E-state index in [1.54, 1.807) is 9.80 Å². The minimum absolute atomic E-state index is 0.0825. The van der Waals surface area contributed by atoms with Gasteiger partial charge in [0.15, 0.2) is 0 Å². The Bertz CT molecular complexity index is 658. The molecule has 0 atom stereocenters. The second kappa shape index (κ2) is 9.62. The van der Waals surface area contributed by atoms with Gasteiger partial charge in [-0.2, -0.15) is 4.98 Å². The average molecular weight is 425 g/mol. The highest BCUT2D eigenvalue weighted by Gasteiger charge is 2.26. The Morgan fingerprint density at radius 3 is 2.07 bits per heavy atom. The van der Waals surface area contributed by atoms with Crippen molar-refractivity contribution >= 4 is 20.3 Å². The third-order valence-electron chi connectivity index (χ3n) is 5.10. The summed E-state index contributed by atoms with van der Waals surface area (Å²) in [5.74, 6) is 0.221. The first kappa shape index (κ1) is 21.6. The first-order chi connectivity index (χ1) is 13.8. The molecule has 2 fully saturated rings. The third-order valence-corrected chi connectivity index (χ3v) is 6.80. The van der Waals surface area contributed by atoms with E-state index in [0.29, 0.717) is 32.8 Å². The first-order valence-electron chi connectivity index (χ1n) is 10.4. The van der Waals surface area contributed by atoms with Crippen LogP contribution in [-0.4, -0.2) is 72.4 Å². The lowest BCUT2D eigenvalue weighted by Gasteiger charge is -2.19. The maximum absolute atomic E-state index is 12.4. The van der Waals surface area contributed by atoms with Gasteiger partial charge in [0, 0.05) is 40.9 Å². The number of hydrogen-bond donors (Lipinski definition) is 0. The molecule has 2 aliphatic rings. The van der Waals surface area contributed by atoms with Crippen molar-refractivity contribution in [1.29, 1.82) is 0 Å². The van der Waals surface area contributed by atoms with Gasteiger partial charge >= 0.3 is 18.2 Å². The van der Waals surface area contributed by atoms with Crippen molar-refractivity contribution in [2.24, 2.45) is 0 Å². The van der Waals surface area contributed by atoms with Gasteiger partial charge in [-0.3, -0.25) is 0 Å². The molecular weight excluding hydrogens is 392 g/mol. The highest BCUT2D eigenvalue weighted by molar-refractivity contribution is 6.76. The van der Waals surface area contributed by atoms with E-state index in [4.69, 9.17) is 14.2 Å². The van der Waals surface area contributed by atoms with Gasteiger partial charge in [0.1, 0.15) is 6.73 Å². The summed E-state index contributed by atoms with van der Waals surface area (Å²) < 4.78 is 18.3. The molecule has 0 bridgehead atoms. The van der Waals surface area contributed by atoms with Crippen LogP contribution in [-0.2, 0) is 11.5 Å². The number of carbonyl (C=O) groups is 2. The number of amides is 2. The van der Waals surface area contributed by atoms with Crippen molar-refractivity contribution in [3.05, 3.63) is 6.20 Å². The second-order valence-corrected chi connectivity index (χ2v) is 14.4. The molecule has 9 nitrogen and oxygen atoms in total. The Labute approximate surface area is 172 Å². The van der Waals surface area contributed by atoms with Crippen molar-refractivity contribution in [3.63, 3.8) is 0 Å². The van der Waals surface area contributed by atoms with Crippen LogP contribution in [0.1, 0.15) is 25.7 Å². The summed E-state index contributed by atoms with van der Waals surface area (Å²) in [5, 5.41) is 0. The summed E-state index contributed by atoms with van der Waals surface area (Å²) >= 11 is 0. The van der Waals surface area contributed by atoms with E-state index in [1.807, 2.05) is 0 Å². The van der Waals surface area contributed by atoms with Gasteiger partial charge in [-0.05, 0) is 31.7 Å². The summed E-state index contributed by atoms with van der Waals surface area (Å²) in [6, 6.07) is 1.09. The van der Waals surface area contributed by atoms with Crippen LogP contribution in [0, 0.1) is 0 Å². The van der Waals surface area contributed by atoms with E-state index in [-0.39, 0.29) is 18.6 Å². The number of ether oxygens (including phenoxy) is 3. The molecule has 10 heteroatoms. The Morgan fingerprint density at radius 1 is 0.966 bits per heavy atom. The number of nitrogens with zero attached hydrogens (tertiary/aromatic N) is 4. The van der Waals surface area contributed by atoms with Gasteiger partial charge in [0.05, 0.1) is 6.20 Å². The second-order valence-electron chi connectivity index (χ2n) is 8.78. The molecule has 1 aromatic heterocycles. The van der Waals surface area contributed by atoms with Crippen LogP contribution in [0.2, 0.25) is 25.7 Å². The third kappa shape index (κ3) is 6.20. The molecular formula is C19H32N4O5Si. The van der Waals surface area contributed by atoms with E-state index < -0.39 is 20.3 Å². The Morgan fingerprint density at radius 2 is 1.52 bits per heavy atom. The van der Waals surface area contributed by atoms with Gasteiger partial charge in [0.2, 0.25) is 5.88 Å². The Kier molecular flexibility index (Phi) is 7.17. The van der Waals surface area contributed by atoms with E-state index in [9.17, 15) is 9.59 Å². The molecule has 0 spiro atoms. The molecule has 1 aromatic rings. The molecule has 0 radical (unpaired) electrons. The number of hydrogen-bond acceptors (Lipinski definition) is 6. The van der Waals surface area contributed by atoms with Crippen molar-refractivity contribution in [2.45, 2.75) is 58.1 Å². The number of rotatable bonds is 7. The monoisotopic (exact) mass is 424 g/mol. The normalized spacial score (nSPS) is 17.1. The van der Waals surface area contributed by atoms with Crippen molar-refractivity contribution in [3.8, 4) is 11.9 Å². The lowest BCUT2D eigenvalue weighted by atomic mass is 10.4. The number of carbonyl (C=O) groups excluding carboxylic acids is 2. The van der Waals surface area contributed by atoms with Gasteiger partial charge in [0.25, 0.3) is 0 Å². The van der Waals surface area contributed by atoms with E-state index >= 15 is 0 Å². The van der Waals surface area contributed by atoms with Gasteiger partial charge in [-0.25, -0.2) is 14.2 Å². The molecule has 162 valence electrons. The number of likely N-dealkylation sites (tertiary alicyclic amines) is 2. The largest absolute Gasteiger partial charge is 0.417 e. The molecule has 0 N–H and O–H groups in total. The molecule has 3 rings (SSSR count). The zero-order valence-corrected chi connectivity index (χ0v) is 18.7. The number of aromatic nitrogens is 2. The SMILES string of the molecule is C[Si](C)(C)CCOCn1c(OC(=O)N2CCCC2)cnc1OC(=O)N1CCCC1. The lowest BCUT2D eigenvalue weighted by Crippen LogP contribution is -2.32. The highest BCUT2D eigenvalue weighted by Crippen LogP contribution is 2.23. The zero-order valence-electron chi connectivity index (χ0n) is 17.7. The Balaban J connectivity index is 1.67. The van der Waals surface area contributed by atoms with Gasteiger partial charge < -0.3 is 24.0 Å². The fourth-order valence-corrected chi connectivity index (χ4v) is 4.01. The van der Waals surface area contributed by atoms with Crippen LogP contribution in [0.15, 0.2) is 6.20 Å². The fourth-order valence-electron chi connectivity index (χ4n) is 3.26. The molecule has 29 heavy (non-hydrogen) atoms. The van der Waals surface area contributed by atoms with E-state index in [2.05, 4.69) is 24.6 Å². The number of imidazole rings is 1. The smallest absolute Gasteiger partial charge is 0.391 e. The molecule has 0 aliphatic carbocycles. The molecule has 0 aromatic carbocycles. The maximum Gasteiger partial charge on any atom is 0.417 e. The highest BCUT2D eigenvalue weighted by atomic mass is 28.3. The predicted molar refractivity (Wildman–Crippen MR) is 110 cm³/mol. The molecule has 2 saturated heterocycles. The quantitative estimate of drug-likeness (QED) is 0.493. The zero-order chi connectivity index (χ0) is 20.9. The van der Waals surface area contributed by atoms with Crippen LogP contribution >= 0.6 is 0 Å². The van der Waals surface area contributed by atoms with Crippen molar-refractivity contribution < 1.29 is 23.8 Å². The summed E-state index contributed by atoms with van der Waals surface area (Å²) in [7, 11) is -1.23. The molecule has 2 amide bonds. The van der Waals surface area contributed by atoms with Crippen LogP contribution in [0.25, 0.3) is 0 Å². The topological polar surface area (TPSA) is 86.1 Å². The molecule has 0 saturated carbocycles. The van der Waals surface area contributed by atoms with Crippen molar-refractivity contribution in [2.75, 3.05) is 32.8 Å².